The molecular weight excluding hydrogens is 719 g/mol. The van der Waals surface area contributed by atoms with Gasteiger partial charge in [0.05, 0.1) is 30.0 Å². The van der Waals surface area contributed by atoms with E-state index in [1.165, 1.54) is 31.4 Å². The van der Waals surface area contributed by atoms with Gasteiger partial charge in [-0.2, -0.15) is 13.2 Å². The number of piperidine rings is 1. The number of amides is 1. The number of H-pyrrole nitrogens is 1. The number of halogens is 5. The van der Waals surface area contributed by atoms with E-state index in [4.69, 9.17) is 4.74 Å². The number of methoxy groups -OCH3 is 1. The predicted octanol–water partition coefficient (Wildman–Crippen LogP) is 7.66. The molecule has 5 aromatic rings. The van der Waals surface area contributed by atoms with Crippen LogP contribution in [-0.4, -0.2) is 63.4 Å². The Morgan fingerprint density at radius 3 is 2.16 bits per heavy atom. The highest BCUT2D eigenvalue weighted by Crippen LogP contribution is 2.32. The second kappa shape index (κ2) is 16.1. The van der Waals surface area contributed by atoms with Gasteiger partial charge in [0.25, 0.3) is 5.56 Å². The van der Waals surface area contributed by atoms with Gasteiger partial charge in [-0.1, -0.05) is 54.6 Å². The highest BCUT2D eigenvalue weighted by atomic mass is 19.4. The predicted molar refractivity (Wildman–Crippen MR) is 198 cm³/mol. The molecule has 55 heavy (non-hydrogen) atoms. The summed E-state index contributed by atoms with van der Waals surface area (Å²) in [5.41, 5.74) is 1.28. The maximum atomic E-state index is 14.3. The molecule has 0 atom stereocenters. The number of hydrogen-bond acceptors (Lipinski definition) is 6. The van der Waals surface area contributed by atoms with Crippen molar-refractivity contribution in [3.63, 3.8) is 0 Å². The molecule has 1 N–H and O–H groups in total. The Labute approximate surface area is 315 Å². The van der Waals surface area contributed by atoms with Crippen molar-refractivity contribution in [1.82, 2.24) is 19.8 Å². The zero-order chi connectivity index (χ0) is 39.5. The lowest BCUT2D eigenvalue weighted by atomic mass is 9.94. The quantitative estimate of drug-likeness (QED) is 0.110. The molecule has 1 aliphatic heterocycles. The number of aromatic amines is 1. The molecule has 0 saturated carbocycles. The highest BCUT2D eigenvalue weighted by molar-refractivity contribution is 5.88. The SMILES string of the molecule is COC(=O)C(C)(C)N1CCC(N(Cc2ccc(-c3ccc(C(F)(F)F)cc3)cc2)C(=O)Cc2cccc3nc(CCc4ccc(F)cc4F)[nH]c(=O)c23)CC1. The smallest absolute Gasteiger partial charge is 0.416 e. The second-order valence-electron chi connectivity index (χ2n) is 14.3. The normalized spacial score (nSPS) is 14.3. The summed E-state index contributed by atoms with van der Waals surface area (Å²) in [7, 11) is 1.35. The van der Waals surface area contributed by atoms with Gasteiger partial charge >= 0.3 is 12.1 Å². The molecule has 13 heteroatoms. The van der Waals surface area contributed by atoms with E-state index in [-0.39, 0.29) is 54.7 Å². The Kier molecular flexibility index (Phi) is 11.5. The molecule has 1 aromatic heterocycles. The molecule has 1 aliphatic rings. The molecule has 0 spiro atoms. The molecule has 1 amide bonds. The van der Waals surface area contributed by atoms with Crippen molar-refractivity contribution in [1.29, 1.82) is 0 Å². The van der Waals surface area contributed by atoms with Crippen LogP contribution in [0.25, 0.3) is 22.0 Å². The van der Waals surface area contributed by atoms with Crippen LogP contribution in [0, 0.1) is 11.6 Å². The van der Waals surface area contributed by atoms with Crippen molar-refractivity contribution in [2.45, 2.75) is 70.3 Å². The number of aromatic nitrogens is 2. The van der Waals surface area contributed by atoms with Crippen LogP contribution < -0.4 is 5.56 Å². The largest absolute Gasteiger partial charge is 0.468 e. The van der Waals surface area contributed by atoms with Gasteiger partial charge in [0.1, 0.15) is 23.0 Å². The lowest BCUT2D eigenvalue weighted by Crippen LogP contribution is -2.56. The highest BCUT2D eigenvalue weighted by Gasteiger charge is 2.39. The van der Waals surface area contributed by atoms with E-state index in [2.05, 4.69) is 9.97 Å². The third kappa shape index (κ3) is 8.94. The Bertz CT molecular complexity index is 2230. The molecule has 8 nitrogen and oxygen atoms in total. The number of carbonyl (C=O) groups is 2. The van der Waals surface area contributed by atoms with E-state index in [1.54, 1.807) is 49.1 Å². The fourth-order valence-corrected chi connectivity index (χ4v) is 7.20. The Hall–Kier alpha value is -5.43. The van der Waals surface area contributed by atoms with Crippen molar-refractivity contribution in [3.8, 4) is 11.1 Å². The zero-order valence-corrected chi connectivity index (χ0v) is 30.7. The number of rotatable bonds is 11. The van der Waals surface area contributed by atoms with Gasteiger partial charge in [-0.05, 0) is 85.2 Å². The molecule has 2 heterocycles. The van der Waals surface area contributed by atoms with Crippen LogP contribution in [0.2, 0.25) is 0 Å². The van der Waals surface area contributed by atoms with E-state index in [0.29, 0.717) is 48.4 Å². The van der Waals surface area contributed by atoms with Gasteiger partial charge in [-0.15, -0.1) is 0 Å². The number of carbonyl (C=O) groups excluding carboxylic acids is 2. The number of hydrogen-bond donors (Lipinski definition) is 1. The van der Waals surface area contributed by atoms with E-state index in [9.17, 15) is 36.3 Å². The minimum absolute atomic E-state index is 0.0975. The van der Waals surface area contributed by atoms with Gasteiger partial charge in [-0.25, -0.2) is 13.8 Å². The minimum atomic E-state index is -4.43. The Morgan fingerprint density at radius 2 is 1.55 bits per heavy atom. The molecule has 0 aliphatic carbocycles. The van der Waals surface area contributed by atoms with Gasteiger partial charge in [-0.3, -0.25) is 19.3 Å². The molecule has 0 bridgehead atoms. The number of ether oxygens (including phenoxy) is 1. The maximum absolute atomic E-state index is 14.3. The summed E-state index contributed by atoms with van der Waals surface area (Å²) in [6.45, 7) is 4.91. The van der Waals surface area contributed by atoms with Crippen molar-refractivity contribution in [2.24, 2.45) is 0 Å². The van der Waals surface area contributed by atoms with Crippen LogP contribution in [-0.2, 0) is 46.3 Å². The summed E-state index contributed by atoms with van der Waals surface area (Å²) in [5.74, 6) is -1.61. The van der Waals surface area contributed by atoms with Crippen LogP contribution in [0.1, 0.15) is 54.8 Å². The van der Waals surface area contributed by atoms with Gasteiger partial charge in [0.15, 0.2) is 0 Å². The zero-order valence-electron chi connectivity index (χ0n) is 30.7. The number of aryl methyl sites for hydroxylation is 2. The number of likely N-dealkylation sites (tertiary alicyclic amines) is 1. The number of nitrogens with one attached hydrogen (secondary N) is 1. The molecule has 288 valence electrons. The Morgan fingerprint density at radius 1 is 0.891 bits per heavy atom. The lowest BCUT2D eigenvalue weighted by molar-refractivity contribution is -0.155. The molecule has 4 aromatic carbocycles. The molecule has 0 unspecified atom stereocenters. The fraction of sp³-hybridized carbons (Fsp3) is 0.333. The lowest BCUT2D eigenvalue weighted by Gasteiger charge is -2.43. The minimum Gasteiger partial charge on any atom is -0.468 e. The van der Waals surface area contributed by atoms with E-state index >= 15 is 0 Å². The van der Waals surface area contributed by atoms with Crippen LogP contribution in [0.4, 0.5) is 22.0 Å². The van der Waals surface area contributed by atoms with Gasteiger partial charge in [0, 0.05) is 38.2 Å². The number of esters is 1. The topological polar surface area (TPSA) is 95.6 Å². The molecule has 0 radical (unpaired) electrons. The van der Waals surface area contributed by atoms with Crippen LogP contribution in [0.3, 0.4) is 0 Å². The number of fused-ring (bicyclic) bond motifs is 1. The fourth-order valence-electron chi connectivity index (χ4n) is 7.20. The van der Waals surface area contributed by atoms with E-state index in [0.717, 1.165) is 29.3 Å². The first kappa shape index (κ1) is 39.3. The number of nitrogens with zero attached hydrogens (tertiary/aromatic N) is 3. The van der Waals surface area contributed by atoms with Gasteiger partial charge < -0.3 is 14.6 Å². The van der Waals surface area contributed by atoms with Crippen molar-refractivity contribution in [2.75, 3.05) is 20.2 Å². The summed E-state index contributed by atoms with van der Waals surface area (Å²) in [5, 5.41) is 0.267. The number of alkyl halides is 3. The average molecular weight is 761 g/mol. The molecule has 6 rings (SSSR count). The van der Waals surface area contributed by atoms with Gasteiger partial charge in [0.2, 0.25) is 5.91 Å². The van der Waals surface area contributed by atoms with Crippen molar-refractivity contribution < 1.29 is 36.3 Å². The molecule has 1 saturated heterocycles. The first-order chi connectivity index (χ1) is 26.1. The number of benzene rings is 4. The van der Waals surface area contributed by atoms with Crippen LogP contribution in [0.5, 0.6) is 0 Å². The summed E-state index contributed by atoms with van der Waals surface area (Å²) in [6.07, 6.45) is -2.99. The second-order valence-corrected chi connectivity index (χ2v) is 14.3. The average Bonchev–Trinajstić information content (AvgIpc) is 3.16. The molecular formula is C42H41F5N4O4. The van der Waals surface area contributed by atoms with Crippen molar-refractivity contribution in [3.05, 3.63) is 135 Å². The summed E-state index contributed by atoms with van der Waals surface area (Å²) < 4.78 is 71.9. The Balaban J connectivity index is 1.24. The monoisotopic (exact) mass is 760 g/mol. The maximum Gasteiger partial charge on any atom is 0.416 e. The third-order valence-corrected chi connectivity index (χ3v) is 10.4. The third-order valence-electron chi connectivity index (χ3n) is 10.4. The standard InChI is InChI=1S/C42H41F5N4O4/c1-41(2,40(54)55-3)50-21-19-33(20-22-50)51(25-26-7-9-27(10-8-26)28-11-15-31(16-12-28)42(45,46)47)37(52)23-30-5-4-6-35-38(30)39(53)49-36(48-35)18-14-29-13-17-32(43)24-34(29)44/h4-13,15-17,24,33H,14,18-23,25H2,1-3H3,(H,48,49,53). The summed E-state index contributed by atoms with van der Waals surface area (Å²) in [4.78, 5) is 51.5. The first-order valence-corrected chi connectivity index (χ1v) is 18.0. The van der Waals surface area contributed by atoms with E-state index < -0.39 is 34.5 Å². The summed E-state index contributed by atoms with van der Waals surface area (Å²) >= 11 is 0. The van der Waals surface area contributed by atoms with Crippen molar-refractivity contribution >= 4 is 22.8 Å². The van der Waals surface area contributed by atoms with Crippen LogP contribution >= 0.6 is 0 Å². The first-order valence-electron chi connectivity index (χ1n) is 18.0. The molecule has 1 fully saturated rings. The summed E-state index contributed by atoms with van der Waals surface area (Å²) in [6, 6.07) is 20.5. The van der Waals surface area contributed by atoms with E-state index in [1.807, 2.05) is 17.0 Å². The van der Waals surface area contributed by atoms with Crippen LogP contribution in [0.15, 0.2) is 89.7 Å².